The van der Waals surface area contributed by atoms with Gasteiger partial charge in [0.05, 0.1) is 18.0 Å². The Kier molecular flexibility index (Phi) is 4.41. The lowest BCUT2D eigenvalue weighted by atomic mass is 9.93. The van der Waals surface area contributed by atoms with E-state index < -0.39 is 0 Å². The van der Waals surface area contributed by atoms with E-state index in [9.17, 15) is 0 Å². The Morgan fingerprint density at radius 3 is 3.13 bits per heavy atom. The van der Waals surface area contributed by atoms with E-state index in [0.717, 1.165) is 48.3 Å². The normalized spacial score (nSPS) is 26.0. The summed E-state index contributed by atoms with van der Waals surface area (Å²) in [6.07, 6.45) is 3.58. The highest BCUT2D eigenvalue weighted by Gasteiger charge is 2.29. The second-order valence-electron chi connectivity index (χ2n) is 6.65. The van der Waals surface area contributed by atoms with Crippen molar-refractivity contribution >= 4 is 11.5 Å². The van der Waals surface area contributed by atoms with E-state index in [4.69, 9.17) is 9.26 Å². The van der Waals surface area contributed by atoms with Crippen LogP contribution in [0.15, 0.2) is 10.6 Å². The number of aromatic nitrogens is 3. The van der Waals surface area contributed by atoms with Crippen LogP contribution in [0, 0.1) is 12.8 Å². The van der Waals surface area contributed by atoms with Crippen molar-refractivity contribution in [2.45, 2.75) is 32.1 Å². The van der Waals surface area contributed by atoms with Crippen molar-refractivity contribution in [2.24, 2.45) is 5.92 Å². The second-order valence-corrected chi connectivity index (χ2v) is 7.40. The zero-order valence-corrected chi connectivity index (χ0v) is 14.2. The fraction of sp³-hybridized carbons (Fsp3) is 0.688. The Balaban J connectivity index is 1.48. The van der Waals surface area contributed by atoms with E-state index in [-0.39, 0.29) is 0 Å². The number of ether oxygens (including phenoxy) is 1. The third kappa shape index (κ3) is 3.32. The van der Waals surface area contributed by atoms with Crippen molar-refractivity contribution in [2.75, 3.05) is 32.8 Å². The summed E-state index contributed by atoms with van der Waals surface area (Å²) in [6, 6.07) is 1.97. The Bertz CT molecular complexity index is 650. The van der Waals surface area contributed by atoms with Crippen LogP contribution in [0.3, 0.4) is 0 Å². The van der Waals surface area contributed by atoms with Gasteiger partial charge in [-0.25, -0.2) is 0 Å². The van der Waals surface area contributed by atoms with Crippen molar-refractivity contribution in [1.29, 1.82) is 0 Å². The molecule has 0 N–H and O–H groups in total. The van der Waals surface area contributed by atoms with Gasteiger partial charge in [0, 0.05) is 31.7 Å². The highest BCUT2D eigenvalue weighted by atomic mass is 32.1. The van der Waals surface area contributed by atoms with Crippen LogP contribution < -0.4 is 0 Å². The first-order valence-electron chi connectivity index (χ1n) is 8.35. The van der Waals surface area contributed by atoms with Gasteiger partial charge < -0.3 is 14.2 Å². The molecule has 0 radical (unpaired) electrons. The SMILES string of the molecule is Cc1cc(-c2snnc2C2CCCN(CC3CCOC3)C2)on1. The first-order valence-corrected chi connectivity index (χ1v) is 9.13. The van der Waals surface area contributed by atoms with E-state index in [2.05, 4.69) is 19.6 Å². The quantitative estimate of drug-likeness (QED) is 0.856. The summed E-state index contributed by atoms with van der Waals surface area (Å²) in [5.74, 6) is 1.93. The molecular weight excluding hydrogens is 312 g/mol. The molecule has 0 aromatic carbocycles. The highest BCUT2D eigenvalue weighted by Crippen LogP contribution is 2.35. The Morgan fingerprint density at radius 1 is 1.39 bits per heavy atom. The summed E-state index contributed by atoms with van der Waals surface area (Å²) in [5.41, 5.74) is 1.98. The minimum absolute atomic E-state index is 0.435. The van der Waals surface area contributed by atoms with Gasteiger partial charge in [-0.2, -0.15) is 0 Å². The maximum atomic E-state index is 5.51. The average molecular weight is 334 g/mol. The van der Waals surface area contributed by atoms with E-state index in [1.807, 2.05) is 13.0 Å². The van der Waals surface area contributed by atoms with Crippen molar-refractivity contribution < 1.29 is 9.26 Å². The smallest absolute Gasteiger partial charge is 0.180 e. The minimum atomic E-state index is 0.435. The van der Waals surface area contributed by atoms with Crippen LogP contribution in [0.5, 0.6) is 0 Å². The highest BCUT2D eigenvalue weighted by molar-refractivity contribution is 7.09. The monoisotopic (exact) mass is 334 g/mol. The molecule has 2 unspecified atom stereocenters. The van der Waals surface area contributed by atoms with E-state index in [0.29, 0.717) is 11.8 Å². The van der Waals surface area contributed by atoms with Crippen LogP contribution in [-0.2, 0) is 4.74 Å². The van der Waals surface area contributed by atoms with Gasteiger partial charge >= 0.3 is 0 Å². The standard InChI is InChI=1S/C16H22N4O2S/c1-11-7-14(22-18-11)16-15(17-19-23-16)13-3-2-5-20(9-13)8-12-4-6-21-10-12/h7,12-13H,2-6,8-10H2,1H3. The van der Waals surface area contributed by atoms with Gasteiger partial charge in [0.25, 0.3) is 0 Å². The summed E-state index contributed by atoms with van der Waals surface area (Å²) in [7, 11) is 0. The van der Waals surface area contributed by atoms with Gasteiger partial charge in [0.1, 0.15) is 4.88 Å². The Labute approximate surface area is 140 Å². The maximum absolute atomic E-state index is 5.51. The Morgan fingerprint density at radius 2 is 2.35 bits per heavy atom. The number of hydrogen-bond acceptors (Lipinski definition) is 7. The predicted molar refractivity (Wildman–Crippen MR) is 87.5 cm³/mol. The summed E-state index contributed by atoms with van der Waals surface area (Å²) in [5, 5.41) is 8.42. The molecule has 2 aliphatic heterocycles. The van der Waals surface area contributed by atoms with Crippen molar-refractivity contribution in [1.82, 2.24) is 19.6 Å². The molecule has 2 aliphatic rings. The first kappa shape index (κ1) is 15.2. The molecule has 2 fully saturated rings. The molecule has 124 valence electrons. The predicted octanol–water partition coefficient (Wildman–Crippen LogP) is 2.72. The fourth-order valence-electron chi connectivity index (χ4n) is 3.64. The lowest BCUT2D eigenvalue weighted by Gasteiger charge is -2.33. The largest absolute Gasteiger partial charge is 0.381 e. The van der Waals surface area contributed by atoms with E-state index >= 15 is 0 Å². The number of piperidine rings is 1. The number of rotatable bonds is 4. The fourth-order valence-corrected chi connectivity index (χ4v) is 4.34. The van der Waals surface area contributed by atoms with Gasteiger partial charge in [-0.05, 0) is 50.2 Å². The third-order valence-corrected chi connectivity index (χ3v) is 5.55. The summed E-state index contributed by atoms with van der Waals surface area (Å²) in [6.45, 7) is 7.16. The molecule has 2 aromatic rings. The van der Waals surface area contributed by atoms with Crippen LogP contribution in [0.1, 0.15) is 36.6 Å². The molecule has 4 heterocycles. The van der Waals surface area contributed by atoms with Crippen LogP contribution in [0.2, 0.25) is 0 Å². The molecule has 6 nitrogen and oxygen atoms in total. The first-order chi connectivity index (χ1) is 11.3. The summed E-state index contributed by atoms with van der Waals surface area (Å²) >= 11 is 1.41. The van der Waals surface area contributed by atoms with Gasteiger partial charge in [0.2, 0.25) is 0 Å². The van der Waals surface area contributed by atoms with Gasteiger partial charge in [-0.15, -0.1) is 5.10 Å². The van der Waals surface area contributed by atoms with Crippen LogP contribution in [0.25, 0.3) is 10.6 Å². The molecule has 0 spiro atoms. The van der Waals surface area contributed by atoms with E-state index in [1.165, 1.54) is 37.3 Å². The summed E-state index contributed by atoms with van der Waals surface area (Å²) in [4.78, 5) is 3.61. The molecule has 2 aromatic heterocycles. The molecule has 2 saturated heterocycles. The molecular formula is C16H22N4O2S. The molecule has 4 rings (SSSR count). The molecule has 2 atom stereocenters. The van der Waals surface area contributed by atoms with Gasteiger partial charge in [0.15, 0.2) is 5.76 Å². The molecule has 0 bridgehead atoms. The number of hydrogen-bond donors (Lipinski definition) is 0. The Hall–Kier alpha value is -1.31. The molecule has 23 heavy (non-hydrogen) atoms. The van der Waals surface area contributed by atoms with Gasteiger partial charge in [-0.1, -0.05) is 9.64 Å². The van der Waals surface area contributed by atoms with E-state index in [1.54, 1.807) is 0 Å². The van der Waals surface area contributed by atoms with Crippen LogP contribution in [0.4, 0.5) is 0 Å². The second kappa shape index (κ2) is 6.67. The molecule has 7 heteroatoms. The van der Waals surface area contributed by atoms with Crippen molar-refractivity contribution in [3.8, 4) is 10.6 Å². The van der Waals surface area contributed by atoms with Gasteiger partial charge in [-0.3, -0.25) is 0 Å². The number of aryl methyl sites for hydroxylation is 1. The van der Waals surface area contributed by atoms with Crippen LogP contribution >= 0.6 is 11.5 Å². The lowest BCUT2D eigenvalue weighted by molar-refractivity contribution is 0.149. The number of nitrogens with zero attached hydrogens (tertiary/aromatic N) is 4. The maximum Gasteiger partial charge on any atom is 0.180 e. The zero-order chi connectivity index (χ0) is 15.6. The zero-order valence-electron chi connectivity index (χ0n) is 13.4. The van der Waals surface area contributed by atoms with Crippen molar-refractivity contribution in [3.63, 3.8) is 0 Å². The van der Waals surface area contributed by atoms with Crippen LogP contribution in [-0.4, -0.2) is 52.5 Å². The number of likely N-dealkylation sites (tertiary alicyclic amines) is 1. The summed E-state index contributed by atoms with van der Waals surface area (Å²) < 4.78 is 15.1. The molecule has 0 amide bonds. The minimum Gasteiger partial charge on any atom is -0.381 e. The topological polar surface area (TPSA) is 64.3 Å². The molecule has 0 aliphatic carbocycles. The lowest BCUT2D eigenvalue weighted by Crippen LogP contribution is -2.38. The average Bonchev–Trinajstić information content (AvgIpc) is 3.28. The molecule has 0 saturated carbocycles. The third-order valence-electron chi connectivity index (χ3n) is 4.80. The van der Waals surface area contributed by atoms with Crippen molar-refractivity contribution in [3.05, 3.63) is 17.5 Å².